The molecule has 0 aliphatic rings. The molecule has 0 saturated carbocycles. The van der Waals surface area contributed by atoms with Gasteiger partial charge in [0.25, 0.3) is 0 Å². The molecule has 1 unspecified atom stereocenters. The fourth-order valence-corrected chi connectivity index (χ4v) is 1.82. The van der Waals surface area contributed by atoms with Crippen LogP contribution in [0.2, 0.25) is 0 Å². The van der Waals surface area contributed by atoms with Crippen molar-refractivity contribution < 1.29 is 14.3 Å². The van der Waals surface area contributed by atoms with Crippen LogP contribution in [0.15, 0.2) is 23.4 Å². The van der Waals surface area contributed by atoms with Crippen molar-refractivity contribution in [3.8, 4) is 0 Å². The Bertz CT molecular complexity index is 466. The van der Waals surface area contributed by atoms with Gasteiger partial charge >= 0.3 is 5.97 Å². The quantitative estimate of drug-likeness (QED) is 0.675. The number of thioether (sulfide) groups is 1. The van der Waals surface area contributed by atoms with Crippen LogP contribution >= 0.6 is 11.8 Å². The molecule has 0 saturated heterocycles. The van der Waals surface area contributed by atoms with E-state index in [1.165, 1.54) is 13.1 Å². The monoisotopic (exact) mass is 282 g/mol. The summed E-state index contributed by atoms with van der Waals surface area (Å²) in [6.45, 7) is 6.81. The number of nitrogens with zero attached hydrogens (tertiary/aromatic N) is 1. The largest absolute Gasteiger partial charge is 0.459 e. The second kappa shape index (κ2) is 6.16. The first-order chi connectivity index (χ1) is 8.69. The molecule has 0 aromatic carbocycles. The van der Waals surface area contributed by atoms with Gasteiger partial charge in [-0.2, -0.15) is 0 Å². The maximum absolute atomic E-state index is 11.8. The van der Waals surface area contributed by atoms with E-state index >= 15 is 0 Å². The Labute approximate surface area is 116 Å². The molecule has 19 heavy (non-hydrogen) atoms. The van der Waals surface area contributed by atoms with Crippen molar-refractivity contribution in [2.24, 2.45) is 5.73 Å². The summed E-state index contributed by atoms with van der Waals surface area (Å²) in [7, 11) is 0. The zero-order chi connectivity index (χ0) is 14.6. The molecule has 0 fully saturated rings. The van der Waals surface area contributed by atoms with Crippen molar-refractivity contribution in [2.45, 2.75) is 44.4 Å². The second-order valence-electron chi connectivity index (χ2n) is 5.03. The Morgan fingerprint density at radius 3 is 2.42 bits per heavy atom. The van der Waals surface area contributed by atoms with Crippen molar-refractivity contribution >= 4 is 22.8 Å². The summed E-state index contributed by atoms with van der Waals surface area (Å²) in [5, 5.41) is 0.532. The van der Waals surface area contributed by atoms with Gasteiger partial charge in [0, 0.05) is 13.1 Å². The highest BCUT2D eigenvalue weighted by Crippen LogP contribution is 2.20. The smallest absolute Gasteiger partial charge is 0.328 e. The van der Waals surface area contributed by atoms with Gasteiger partial charge in [-0.25, -0.2) is 9.78 Å². The van der Waals surface area contributed by atoms with E-state index in [4.69, 9.17) is 10.5 Å². The van der Waals surface area contributed by atoms with Crippen LogP contribution in [0.1, 0.15) is 39.3 Å². The number of ether oxygens (including phenoxy) is 1. The Balaban J connectivity index is 2.75. The number of hydrogen-bond donors (Lipinski definition) is 1. The van der Waals surface area contributed by atoms with Crippen molar-refractivity contribution in [1.82, 2.24) is 4.98 Å². The molecule has 1 atom stereocenters. The number of carbonyl (C=O) groups is 2. The maximum atomic E-state index is 11.8. The Morgan fingerprint density at radius 2 is 2.00 bits per heavy atom. The lowest BCUT2D eigenvalue weighted by Crippen LogP contribution is -2.31. The maximum Gasteiger partial charge on any atom is 0.328 e. The number of rotatable bonds is 3. The standard InChI is InChI=1S/C13H18N2O3S/c1-8(16)19-10-6-5-9(7-15-10)11(14)12(17)18-13(2,3)4/h5-7,11H,14H2,1-4H3. The van der Waals surface area contributed by atoms with Crippen LogP contribution in [0.5, 0.6) is 0 Å². The van der Waals surface area contributed by atoms with E-state index in [0.29, 0.717) is 10.6 Å². The summed E-state index contributed by atoms with van der Waals surface area (Å²) in [6.07, 6.45) is 1.49. The second-order valence-corrected chi connectivity index (χ2v) is 6.23. The van der Waals surface area contributed by atoms with E-state index in [1.807, 2.05) is 0 Å². The summed E-state index contributed by atoms with van der Waals surface area (Å²) in [4.78, 5) is 26.8. The molecule has 5 nitrogen and oxygen atoms in total. The topological polar surface area (TPSA) is 82.3 Å². The summed E-state index contributed by atoms with van der Waals surface area (Å²) in [5.74, 6) is -0.499. The van der Waals surface area contributed by atoms with E-state index < -0.39 is 17.6 Å². The summed E-state index contributed by atoms with van der Waals surface area (Å²) >= 11 is 1.03. The number of nitrogens with two attached hydrogens (primary N) is 1. The van der Waals surface area contributed by atoms with Gasteiger partial charge in [0.15, 0.2) is 5.12 Å². The van der Waals surface area contributed by atoms with E-state index in [2.05, 4.69) is 4.98 Å². The minimum Gasteiger partial charge on any atom is -0.459 e. The fraction of sp³-hybridized carbons (Fsp3) is 0.462. The lowest BCUT2D eigenvalue weighted by Gasteiger charge is -2.22. The zero-order valence-electron chi connectivity index (χ0n) is 11.5. The summed E-state index contributed by atoms with van der Waals surface area (Å²) in [5.41, 5.74) is 5.79. The van der Waals surface area contributed by atoms with Gasteiger partial charge in [-0.1, -0.05) is 6.07 Å². The summed E-state index contributed by atoms with van der Waals surface area (Å²) in [6, 6.07) is 2.46. The van der Waals surface area contributed by atoms with Gasteiger partial charge in [-0.3, -0.25) is 4.79 Å². The molecule has 0 bridgehead atoms. The molecule has 1 rings (SSSR count). The van der Waals surface area contributed by atoms with Crippen LogP contribution in [-0.2, 0) is 14.3 Å². The SMILES string of the molecule is CC(=O)Sc1ccc(C(N)C(=O)OC(C)(C)C)cn1. The molecule has 2 N–H and O–H groups in total. The first kappa shape index (κ1) is 15.7. The first-order valence-electron chi connectivity index (χ1n) is 5.82. The van der Waals surface area contributed by atoms with Crippen LogP contribution in [0.4, 0.5) is 0 Å². The van der Waals surface area contributed by atoms with E-state index in [-0.39, 0.29) is 5.12 Å². The molecule has 0 amide bonds. The van der Waals surface area contributed by atoms with Crippen LogP contribution in [0.25, 0.3) is 0 Å². The van der Waals surface area contributed by atoms with Gasteiger partial charge < -0.3 is 10.5 Å². The number of aromatic nitrogens is 1. The molecule has 6 heteroatoms. The Hall–Kier alpha value is -1.40. The molecule has 0 spiro atoms. The lowest BCUT2D eigenvalue weighted by atomic mass is 10.1. The van der Waals surface area contributed by atoms with E-state index in [1.54, 1.807) is 32.9 Å². The number of carbonyl (C=O) groups excluding carboxylic acids is 2. The number of pyridine rings is 1. The van der Waals surface area contributed by atoms with Crippen molar-refractivity contribution in [1.29, 1.82) is 0 Å². The normalized spacial score (nSPS) is 12.9. The van der Waals surface area contributed by atoms with Crippen LogP contribution in [-0.4, -0.2) is 21.7 Å². The molecular weight excluding hydrogens is 264 g/mol. The van der Waals surface area contributed by atoms with Gasteiger partial charge in [0.05, 0.1) is 0 Å². The minimum atomic E-state index is -0.872. The third-order valence-electron chi connectivity index (χ3n) is 2.03. The van der Waals surface area contributed by atoms with Gasteiger partial charge in [0.2, 0.25) is 0 Å². The highest BCUT2D eigenvalue weighted by atomic mass is 32.2. The van der Waals surface area contributed by atoms with Gasteiger partial charge in [0.1, 0.15) is 16.7 Å². The zero-order valence-corrected chi connectivity index (χ0v) is 12.3. The molecule has 1 heterocycles. The average molecular weight is 282 g/mol. The first-order valence-corrected chi connectivity index (χ1v) is 6.63. The van der Waals surface area contributed by atoms with Gasteiger partial charge in [-0.05, 0) is 44.2 Å². The number of hydrogen-bond acceptors (Lipinski definition) is 6. The summed E-state index contributed by atoms with van der Waals surface area (Å²) < 4.78 is 5.20. The molecule has 0 aliphatic heterocycles. The lowest BCUT2D eigenvalue weighted by molar-refractivity contribution is -0.156. The predicted octanol–water partition coefficient (Wildman–Crippen LogP) is 2.06. The number of esters is 1. The molecule has 1 aromatic heterocycles. The molecular formula is C13H18N2O3S. The Morgan fingerprint density at radius 1 is 1.37 bits per heavy atom. The molecule has 104 valence electrons. The average Bonchev–Trinajstić information content (AvgIpc) is 2.26. The third-order valence-corrected chi connectivity index (χ3v) is 2.77. The van der Waals surface area contributed by atoms with Crippen LogP contribution in [0.3, 0.4) is 0 Å². The molecule has 1 aromatic rings. The van der Waals surface area contributed by atoms with Crippen LogP contribution < -0.4 is 5.73 Å². The van der Waals surface area contributed by atoms with Crippen LogP contribution in [0, 0.1) is 0 Å². The highest BCUT2D eigenvalue weighted by molar-refractivity contribution is 8.13. The minimum absolute atomic E-state index is 0.0447. The van der Waals surface area contributed by atoms with Crippen molar-refractivity contribution in [2.75, 3.05) is 0 Å². The predicted molar refractivity (Wildman–Crippen MR) is 73.5 cm³/mol. The third kappa shape index (κ3) is 5.40. The van der Waals surface area contributed by atoms with E-state index in [0.717, 1.165) is 11.8 Å². The van der Waals surface area contributed by atoms with Crippen molar-refractivity contribution in [3.05, 3.63) is 23.9 Å². The van der Waals surface area contributed by atoms with Gasteiger partial charge in [-0.15, -0.1) is 0 Å². The fourth-order valence-electron chi connectivity index (χ4n) is 1.28. The van der Waals surface area contributed by atoms with Crippen molar-refractivity contribution in [3.63, 3.8) is 0 Å². The Kier molecular flexibility index (Phi) is 5.08. The highest BCUT2D eigenvalue weighted by Gasteiger charge is 2.23. The molecule has 0 radical (unpaired) electrons. The van der Waals surface area contributed by atoms with E-state index in [9.17, 15) is 9.59 Å². The molecule has 0 aliphatic carbocycles.